The Kier molecular flexibility index (Phi) is 7.67. The zero-order valence-corrected chi connectivity index (χ0v) is 23.5. The predicted molar refractivity (Wildman–Crippen MR) is 142 cm³/mol. The summed E-state index contributed by atoms with van der Waals surface area (Å²) in [6.45, 7) is 20.7. The molecular weight excluding hydrogens is 416 g/mol. The third-order valence-corrected chi connectivity index (χ3v) is 12.2. The van der Waals surface area contributed by atoms with Crippen LogP contribution in [0.1, 0.15) is 119 Å². The van der Waals surface area contributed by atoms with Crippen LogP contribution in [0.4, 0.5) is 0 Å². The molecule has 0 aromatic carbocycles. The molecule has 4 aliphatic carbocycles. The molecule has 2 heteroatoms. The monoisotopic (exact) mass is 470 g/mol. The fraction of sp³-hybridized carbons (Fsp3) is 0.906. The van der Waals surface area contributed by atoms with E-state index in [4.69, 9.17) is 4.74 Å². The second-order valence-electron chi connectivity index (χ2n) is 14.2. The van der Waals surface area contributed by atoms with Gasteiger partial charge in [0.1, 0.15) is 6.10 Å². The molecule has 0 bridgehead atoms. The topological polar surface area (TPSA) is 26.3 Å². The molecule has 4 aliphatic rings. The Balaban J connectivity index is 1.41. The van der Waals surface area contributed by atoms with Crippen LogP contribution >= 0.6 is 0 Å². The largest absolute Gasteiger partial charge is 0.459 e. The first-order chi connectivity index (χ1) is 16.0. The van der Waals surface area contributed by atoms with Crippen molar-refractivity contribution in [2.24, 2.45) is 58.2 Å². The summed E-state index contributed by atoms with van der Waals surface area (Å²) in [4.78, 5) is 12.1. The second kappa shape index (κ2) is 9.93. The van der Waals surface area contributed by atoms with Crippen LogP contribution in [0.25, 0.3) is 0 Å². The van der Waals surface area contributed by atoms with Crippen LogP contribution in [0.15, 0.2) is 12.2 Å². The van der Waals surface area contributed by atoms with Crippen molar-refractivity contribution in [1.29, 1.82) is 0 Å². The van der Waals surface area contributed by atoms with Crippen LogP contribution in [0.5, 0.6) is 0 Å². The SMILES string of the molecule is C=C(C)C(=O)OC1CC[C@@]2(C)C(CC[C@H]3[C@@H]4CC[C@H]([C@H](C)CC[C@H](C)C(C)C)[C@@]4(C)CC[C@@H]32)C1. The van der Waals surface area contributed by atoms with E-state index in [1.165, 1.54) is 57.8 Å². The van der Waals surface area contributed by atoms with Crippen molar-refractivity contribution >= 4 is 5.97 Å². The first kappa shape index (κ1) is 26.3. The van der Waals surface area contributed by atoms with Gasteiger partial charge in [-0.25, -0.2) is 4.79 Å². The maximum absolute atomic E-state index is 12.1. The number of ether oxygens (including phenoxy) is 1. The van der Waals surface area contributed by atoms with Gasteiger partial charge in [-0.2, -0.15) is 0 Å². The molecule has 10 atom stereocenters. The maximum atomic E-state index is 12.1. The highest BCUT2D eigenvalue weighted by molar-refractivity contribution is 5.87. The minimum Gasteiger partial charge on any atom is -0.459 e. The third kappa shape index (κ3) is 4.66. The lowest BCUT2D eigenvalue weighted by molar-refractivity contribution is -0.158. The first-order valence-corrected chi connectivity index (χ1v) is 14.8. The summed E-state index contributed by atoms with van der Waals surface area (Å²) in [7, 11) is 0. The summed E-state index contributed by atoms with van der Waals surface area (Å²) >= 11 is 0. The van der Waals surface area contributed by atoms with E-state index in [-0.39, 0.29) is 12.1 Å². The summed E-state index contributed by atoms with van der Waals surface area (Å²) < 4.78 is 5.82. The van der Waals surface area contributed by atoms with Gasteiger partial charge in [0.25, 0.3) is 0 Å². The number of esters is 1. The van der Waals surface area contributed by atoms with Crippen molar-refractivity contribution in [2.75, 3.05) is 0 Å². The van der Waals surface area contributed by atoms with Gasteiger partial charge in [-0.1, -0.05) is 61.0 Å². The Morgan fingerprint density at radius 1 is 0.912 bits per heavy atom. The summed E-state index contributed by atoms with van der Waals surface area (Å²) in [6.07, 6.45) is 14.9. The molecule has 2 nitrogen and oxygen atoms in total. The van der Waals surface area contributed by atoms with E-state index in [9.17, 15) is 4.79 Å². The van der Waals surface area contributed by atoms with E-state index in [0.29, 0.717) is 16.4 Å². The number of fused-ring (bicyclic) bond motifs is 5. The zero-order chi connectivity index (χ0) is 24.8. The fourth-order valence-corrected chi connectivity index (χ4v) is 9.61. The molecular formula is C32H54O2. The van der Waals surface area contributed by atoms with Gasteiger partial charge in [0.05, 0.1) is 0 Å². The molecule has 0 aliphatic heterocycles. The van der Waals surface area contributed by atoms with Gasteiger partial charge in [-0.05, 0) is 123 Å². The molecule has 0 aromatic rings. The van der Waals surface area contributed by atoms with Crippen molar-refractivity contribution in [3.63, 3.8) is 0 Å². The highest BCUT2D eigenvalue weighted by Gasteiger charge is 2.60. The van der Waals surface area contributed by atoms with E-state index in [0.717, 1.165) is 60.2 Å². The normalized spacial score (nSPS) is 43.4. The van der Waals surface area contributed by atoms with Gasteiger partial charge in [0.15, 0.2) is 0 Å². The average molecular weight is 471 g/mol. The van der Waals surface area contributed by atoms with Crippen LogP contribution in [0.2, 0.25) is 0 Å². The average Bonchev–Trinajstić information content (AvgIpc) is 3.14. The molecule has 4 rings (SSSR count). The van der Waals surface area contributed by atoms with E-state index in [2.05, 4.69) is 48.1 Å². The van der Waals surface area contributed by atoms with Crippen molar-refractivity contribution in [2.45, 2.75) is 125 Å². The van der Waals surface area contributed by atoms with Crippen molar-refractivity contribution < 1.29 is 9.53 Å². The van der Waals surface area contributed by atoms with Gasteiger partial charge in [-0.15, -0.1) is 0 Å². The molecule has 34 heavy (non-hydrogen) atoms. The molecule has 0 heterocycles. The number of hydrogen-bond acceptors (Lipinski definition) is 2. The van der Waals surface area contributed by atoms with Crippen molar-refractivity contribution in [1.82, 2.24) is 0 Å². The quantitative estimate of drug-likeness (QED) is 0.274. The highest BCUT2D eigenvalue weighted by atomic mass is 16.5. The molecule has 0 N–H and O–H groups in total. The molecule has 0 aromatic heterocycles. The Bertz CT molecular complexity index is 754. The lowest BCUT2D eigenvalue weighted by Gasteiger charge is -2.61. The van der Waals surface area contributed by atoms with Gasteiger partial charge >= 0.3 is 5.97 Å². The van der Waals surface area contributed by atoms with Crippen LogP contribution < -0.4 is 0 Å². The summed E-state index contributed by atoms with van der Waals surface area (Å²) in [5.74, 6) is 6.76. The lowest BCUT2D eigenvalue weighted by atomic mass is 9.44. The summed E-state index contributed by atoms with van der Waals surface area (Å²) in [6, 6.07) is 0. The van der Waals surface area contributed by atoms with E-state index < -0.39 is 0 Å². The van der Waals surface area contributed by atoms with Crippen molar-refractivity contribution in [3.05, 3.63) is 12.2 Å². The standard InChI is InChI=1S/C32H54O2/c1-20(2)22(5)9-10-23(6)27-13-14-28-26-12-11-24-19-25(34-30(33)21(3)4)15-17-31(24,7)29(26)16-18-32(27,28)8/h20,22-29H,3,9-19H2,1-2,4-8H3/t22-,23+,24?,25?,26-,27+,28-,29-,31-,32+/m0/s1. The number of carbonyl (C=O) groups is 1. The first-order valence-electron chi connectivity index (χ1n) is 14.8. The molecule has 0 saturated heterocycles. The second-order valence-corrected chi connectivity index (χ2v) is 14.2. The molecule has 4 saturated carbocycles. The predicted octanol–water partition coefficient (Wildman–Crippen LogP) is 8.84. The molecule has 194 valence electrons. The van der Waals surface area contributed by atoms with E-state index in [1.54, 1.807) is 6.92 Å². The third-order valence-electron chi connectivity index (χ3n) is 12.2. The minimum absolute atomic E-state index is 0.109. The number of hydrogen-bond donors (Lipinski definition) is 0. The Hall–Kier alpha value is -0.790. The van der Waals surface area contributed by atoms with Crippen LogP contribution in [0.3, 0.4) is 0 Å². The number of carbonyl (C=O) groups excluding carboxylic acids is 1. The van der Waals surface area contributed by atoms with Crippen LogP contribution in [0, 0.1) is 58.2 Å². The van der Waals surface area contributed by atoms with Crippen LogP contribution in [-0.4, -0.2) is 12.1 Å². The van der Waals surface area contributed by atoms with E-state index >= 15 is 0 Å². The fourth-order valence-electron chi connectivity index (χ4n) is 9.61. The molecule has 4 fully saturated rings. The minimum atomic E-state index is -0.190. The number of rotatable bonds is 7. The molecule has 2 unspecified atom stereocenters. The van der Waals surface area contributed by atoms with Gasteiger partial charge in [-0.3, -0.25) is 0 Å². The summed E-state index contributed by atoms with van der Waals surface area (Å²) in [5, 5.41) is 0. The Labute approximate surface area is 211 Å². The molecule has 0 amide bonds. The lowest BCUT2D eigenvalue weighted by Crippen LogP contribution is -2.54. The zero-order valence-electron chi connectivity index (χ0n) is 23.5. The maximum Gasteiger partial charge on any atom is 0.333 e. The Morgan fingerprint density at radius 3 is 2.26 bits per heavy atom. The summed E-state index contributed by atoms with van der Waals surface area (Å²) in [5.41, 5.74) is 1.55. The molecule has 0 radical (unpaired) electrons. The highest BCUT2D eigenvalue weighted by Crippen LogP contribution is 2.68. The van der Waals surface area contributed by atoms with Gasteiger partial charge in [0, 0.05) is 5.57 Å². The van der Waals surface area contributed by atoms with Gasteiger partial charge in [0.2, 0.25) is 0 Å². The van der Waals surface area contributed by atoms with Crippen molar-refractivity contribution in [3.8, 4) is 0 Å². The van der Waals surface area contributed by atoms with Crippen LogP contribution in [-0.2, 0) is 9.53 Å². The van der Waals surface area contributed by atoms with E-state index in [1.807, 2.05) is 0 Å². The molecule has 0 spiro atoms. The smallest absolute Gasteiger partial charge is 0.333 e. The Morgan fingerprint density at radius 2 is 1.59 bits per heavy atom. The van der Waals surface area contributed by atoms with Gasteiger partial charge < -0.3 is 4.74 Å².